The molecule has 3 N–H and O–H groups in total. The first kappa shape index (κ1) is 20.5. The summed E-state index contributed by atoms with van der Waals surface area (Å²) in [4.78, 5) is 28.9. The third kappa shape index (κ3) is 4.11. The van der Waals surface area contributed by atoms with Crippen molar-refractivity contribution in [1.29, 1.82) is 0 Å². The number of hydrogen-bond donors (Lipinski definition) is 2. The lowest BCUT2D eigenvalue weighted by Crippen LogP contribution is -2.22. The number of hydrogen-bond acceptors (Lipinski definition) is 5. The van der Waals surface area contributed by atoms with E-state index < -0.39 is 6.10 Å². The van der Waals surface area contributed by atoms with Crippen molar-refractivity contribution >= 4 is 22.4 Å². The second-order valence-electron chi connectivity index (χ2n) is 7.68. The normalized spacial score (nSPS) is 12.1. The van der Waals surface area contributed by atoms with Crippen LogP contribution in [0, 0.1) is 0 Å². The molecule has 2 aromatic carbocycles. The van der Waals surface area contributed by atoms with Crippen molar-refractivity contribution in [3.63, 3.8) is 0 Å². The molecule has 4 aromatic rings. The predicted molar refractivity (Wildman–Crippen MR) is 122 cm³/mol. The molecule has 1 atom stereocenters. The lowest BCUT2D eigenvalue weighted by Gasteiger charge is -2.15. The fourth-order valence-electron chi connectivity index (χ4n) is 3.76. The van der Waals surface area contributed by atoms with Crippen molar-refractivity contribution < 1.29 is 9.90 Å². The molecule has 0 amide bonds. The third-order valence-corrected chi connectivity index (χ3v) is 5.37. The summed E-state index contributed by atoms with van der Waals surface area (Å²) in [6.07, 6.45) is 2.56. The molecule has 1 unspecified atom stereocenters. The highest BCUT2D eigenvalue weighted by molar-refractivity contribution is 5.94. The Morgan fingerprint density at radius 1 is 1.10 bits per heavy atom. The van der Waals surface area contributed by atoms with Gasteiger partial charge in [-0.3, -0.25) is 9.59 Å². The quantitative estimate of drug-likeness (QED) is 0.483. The van der Waals surface area contributed by atoms with Crippen LogP contribution in [0.25, 0.3) is 21.9 Å². The molecule has 0 aliphatic rings. The number of rotatable bonds is 5. The number of nitrogen functional groups attached to an aromatic ring is 1. The van der Waals surface area contributed by atoms with E-state index in [-0.39, 0.29) is 11.3 Å². The van der Waals surface area contributed by atoms with E-state index in [1.807, 2.05) is 24.3 Å². The Bertz CT molecular complexity index is 1360. The van der Waals surface area contributed by atoms with Crippen LogP contribution in [0.1, 0.15) is 41.4 Å². The van der Waals surface area contributed by atoms with Crippen LogP contribution in [0.15, 0.2) is 71.8 Å². The van der Waals surface area contributed by atoms with Gasteiger partial charge in [-0.25, -0.2) is 4.98 Å². The van der Waals surface area contributed by atoms with Gasteiger partial charge in [-0.1, -0.05) is 24.3 Å². The van der Waals surface area contributed by atoms with Crippen molar-refractivity contribution in [2.45, 2.75) is 26.5 Å². The topological polar surface area (TPSA) is 98.2 Å². The smallest absolute Gasteiger partial charge is 0.258 e. The van der Waals surface area contributed by atoms with Crippen LogP contribution in [0.4, 0.5) is 5.82 Å². The molecule has 31 heavy (non-hydrogen) atoms. The number of carbonyl (C=O) groups excluding carboxylic acids is 1. The maximum absolute atomic E-state index is 13.2. The summed E-state index contributed by atoms with van der Waals surface area (Å²) in [6.45, 7) is 3.50. The number of aromatic nitrogens is 2. The monoisotopic (exact) mass is 413 g/mol. The molecule has 0 saturated carbocycles. The number of nitrogens with two attached hydrogens (primary N) is 1. The molecule has 0 saturated heterocycles. The van der Waals surface area contributed by atoms with Crippen LogP contribution < -0.4 is 11.3 Å². The van der Waals surface area contributed by atoms with Gasteiger partial charge in [-0.2, -0.15) is 0 Å². The standard InChI is InChI=1S/C25H23N3O3/c1-15(29)18-5-3-4-17(10-18)13-28-14-23(16(2)30)22-11-19(6-7-21(22)25(28)31)20-8-9-27-24(26)12-20/h3-12,14,16,30H,13H2,1-2H3,(H2,26,27). The summed E-state index contributed by atoms with van der Waals surface area (Å²) < 4.78 is 1.58. The first-order chi connectivity index (χ1) is 14.8. The van der Waals surface area contributed by atoms with Crippen molar-refractivity contribution in [2.24, 2.45) is 0 Å². The fourth-order valence-corrected chi connectivity index (χ4v) is 3.76. The Morgan fingerprint density at radius 2 is 1.87 bits per heavy atom. The number of anilines is 1. The number of pyridine rings is 2. The van der Waals surface area contributed by atoms with E-state index in [9.17, 15) is 14.7 Å². The Kier molecular flexibility index (Phi) is 5.40. The number of carbonyl (C=O) groups is 1. The summed E-state index contributed by atoms with van der Waals surface area (Å²) >= 11 is 0. The van der Waals surface area contributed by atoms with Gasteiger partial charge in [0, 0.05) is 28.9 Å². The summed E-state index contributed by atoms with van der Waals surface area (Å²) in [5, 5.41) is 11.7. The largest absolute Gasteiger partial charge is 0.389 e. The first-order valence-corrected chi connectivity index (χ1v) is 10.0. The number of aliphatic hydroxyl groups excluding tert-OH is 1. The molecule has 0 bridgehead atoms. The van der Waals surface area contributed by atoms with Crippen molar-refractivity contribution in [3.05, 3.63) is 94.0 Å². The molecule has 2 aromatic heterocycles. The van der Waals surface area contributed by atoms with Crippen LogP contribution >= 0.6 is 0 Å². The molecular formula is C25H23N3O3. The van der Waals surface area contributed by atoms with Crippen molar-refractivity contribution in [1.82, 2.24) is 9.55 Å². The van der Waals surface area contributed by atoms with Gasteiger partial charge in [-0.15, -0.1) is 0 Å². The van der Waals surface area contributed by atoms with Gasteiger partial charge < -0.3 is 15.4 Å². The average Bonchev–Trinajstić information content (AvgIpc) is 2.75. The molecule has 2 heterocycles. The Morgan fingerprint density at radius 3 is 2.58 bits per heavy atom. The van der Waals surface area contributed by atoms with Crippen LogP contribution in [0.5, 0.6) is 0 Å². The third-order valence-electron chi connectivity index (χ3n) is 5.37. The molecular weight excluding hydrogens is 390 g/mol. The summed E-state index contributed by atoms with van der Waals surface area (Å²) in [6, 6.07) is 16.4. The predicted octanol–water partition coefficient (Wildman–Crippen LogP) is 3.95. The van der Waals surface area contributed by atoms with Gasteiger partial charge in [0.05, 0.1) is 12.6 Å². The minimum absolute atomic E-state index is 0.0262. The number of ketones is 1. The van der Waals surface area contributed by atoms with E-state index in [4.69, 9.17) is 5.73 Å². The van der Waals surface area contributed by atoms with Crippen molar-refractivity contribution in [3.8, 4) is 11.1 Å². The number of Topliss-reactive ketones (excluding diaryl/α,β-unsaturated/α-hetero) is 1. The minimum atomic E-state index is -0.768. The van der Waals surface area contributed by atoms with Gasteiger partial charge in [0.15, 0.2) is 5.78 Å². The van der Waals surface area contributed by atoms with E-state index >= 15 is 0 Å². The fraction of sp³-hybridized carbons (Fsp3) is 0.160. The van der Waals surface area contributed by atoms with Crippen LogP contribution in [0.3, 0.4) is 0 Å². The number of fused-ring (bicyclic) bond motifs is 1. The molecule has 156 valence electrons. The molecule has 6 nitrogen and oxygen atoms in total. The zero-order valence-electron chi connectivity index (χ0n) is 17.4. The molecule has 0 radical (unpaired) electrons. The zero-order chi connectivity index (χ0) is 22.1. The molecule has 4 rings (SSSR count). The first-order valence-electron chi connectivity index (χ1n) is 10.0. The summed E-state index contributed by atoms with van der Waals surface area (Å²) in [7, 11) is 0. The summed E-state index contributed by atoms with van der Waals surface area (Å²) in [5.74, 6) is 0.387. The maximum atomic E-state index is 13.2. The highest BCUT2D eigenvalue weighted by Gasteiger charge is 2.14. The second-order valence-corrected chi connectivity index (χ2v) is 7.68. The Labute approximate surface area is 179 Å². The lowest BCUT2D eigenvalue weighted by atomic mass is 9.98. The van der Waals surface area contributed by atoms with E-state index in [1.165, 1.54) is 6.92 Å². The zero-order valence-corrected chi connectivity index (χ0v) is 17.4. The molecule has 6 heteroatoms. The highest BCUT2D eigenvalue weighted by Crippen LogP contribution is 2.28. The van der Waals surface area contributed by atoms with Gasteiger partial charge in [0.25, 0.3) is 5.56 Å². The molecule has 0 fully saturated rings. The van der Waals surface area contributed by atoms with E-state index in [2.05, 4.69) is 4.98 Å². The van der Waals surface area contributed by atoms with Gasteiger partial charge >= 0.3 is 0 Å². The van der Waals surface area contributed by atoms with E-state index in [0.29, 0.717) is 34.3 Å². The SMILES string of the molecule is CC(=O)c1cccc(Cn2cc(C(C)O)c3cc(-c4ccnc(N)c4)ccc3c2=O)c1. The average molecular weight is 413 g/mol. The van der Waals surface area contributed by atoms with Crippen LogP contribution in [-0.4, -0.2) is 20.4 Å². The van der Waals surface area contributed by atoms with Gasteiger partial charge in [0.1, 0.15) is 5.82 Å². The van der Waals surface area contributed by atoms with Gasteiger partial charge in [-0.05, 0) is 66.3 Å². The highest BCUT2D eigenvalue weighted by atomic mass is 16.3. The molecule has 0 aliphatic heterocycles. The van der Waals surface area contributed by atoms with Crippen LogP contribution in [0.2, 0.25) is 0 Å². The minimum Gasteiger partial charge on any atom is -0.389 e. The Balaban J connectivity index is 1.85. The lowest BCUT2D eigenvalue weighted by molar-refractivity contribution is 0.101. The number of benzene rings is 2. The van der Waals surface area contributed by atoms with E-state index in [1.54, 1.807) is 54.2 Å². The van der Waals surface area contributed by atoms with Crippen LogP contribution in [-0.2, 0) is 6.54 Å². The summed E-state index contributed by atoms with van der Waals surface area (Å²) in [5.41, 5.74) is 9.51. The van der Waals surface area contributed by atoms with Crippen molar-refractivity contribution in [2.75, 3.05) is 5.73 Å². The van der Waals surface area contributed by atoms with Gasteiger partial charge in [0.2, 0.25) is 0 Å². The molecule has 0 aliphatic carbocycles. The second kappa shape index (κ2) is 8.16. The van der Waals surface area contributed by atoms with E-state index in [0.717, 1.165) is 16.7 Å². The number of aliphatic hydroxyl groups is 1. The Hall–Kier alpha value is -3.77. The maximum Gasteiger partial charge on any atom is 0.258 e. The number of nitrogens with zero attached hydrogens (tertiary/aromatic N) is 2. The molecule has 0 spiro atoms.